The minimum atomic E-state index is -3.36. The van der Waals surface area contributed by atoms with Crippen LogP contribution >= 0.6 is 0 Å². The average Bonchev–Trinajstić information content (AvgIpc) is 2.91. The van der Waals surface area contributed by atoms with Crippen LogP contribution < -0.4 is 4.72 Å². The van der Waals surface area contributed by atoms with Crippen LogP contribution in [0.4, 0.5) is 5.82 Å². The van der Waals surface area contributed by atoms with Gasteiger partial charge in [0.25, 0.3) is 0 Å². The molecule has 102 valence electrons. The fourth-order valence-corrected chi connectivity index (χ4v) is 3.66. The summed E-state index contributed by atoms with van der Waals surface area (Å²) in [5, 5.41) is 8.31. The summed E-state index contributed by atoms with van der Waals surface area (Å²) in [6.45, 7) is -0.231. The maximum Gasteiger partial charge on any atom is 0.236 e. The van der Waals surface area contributed by atoms with E-state index in [1.54, 1.807) is 12.1 Å². The van der Waals surface area contributed by atoms with Crippen LogP contribution in [0.25, 0.3) is 0 Å². The maximum absolute atomic E-state index is 12.1. The molecule has 0 bridgehead atoms. The van der Waals surface area contributed by atoms with Gasteiger partial charge in [0, 0.05) is 11.8 Å². The summed E-state index contributed by atoms with van der Waals surface area (Å²) < 4.78 is 26.7. The molecule has 1 fully saturated rings. The normalized spacial score (nSPS) is 15.8. The van der Waals surface area contributed by atoms with Gasteiger partial charge < -0.3 is 5.11 Å². The molecule has 1 aliphatic carbocycles. The van der Waals surface area contributed by atoms with Crippen molar-refractivity contribution in [3.05, 3.63) is 23.9 Å². The van der Waals surface area contributed by atoms with Gasteiger partial charge in [0.2, 0.25) is 10.0 Å². The van der Waals surface area contributed by atoms with Gasteiger partial charge in [-0.1, -0.05) is 24.7 Å². The van der Waals surface area contributed by atoms with E-state index in [-0.39, 0.29) is 17.7 Å². The molecule has 19 heavy (non-hydrogen) atoms. The van der Waals surface area contributed by atoms with Gasteiger partial charge in [-0.2, -0.15) is 0 Å². The first-order valence-electron chi connectivity index (χ1n) is 6.19. The van der Waals surface area contributed by atoms with Gasteiger partial charge in [-0.05, 0) is 25.0 Å². The standard InChI is InChI=1S/C13H16N2O3S/c16-9-3-4-11-7-8-14-13(10-11)15-19(17,18)12-5-1-2-6-12/h7-8,10,12,16H,1-2,5-6,9H2,(H,14,15). The van der Waals surface area contributed by atoms with E-state index in [0.717, 1.165) is 12.8 Å². The monoisotopic (exact) mass is 280 g/mol. The first-order chi connectivity index (χ1) is 9.12. The van der Waals surface area contributed by atoms with Gasteiger partial charge in [-0.25, -0.2) is 13.4 Å². The number of nitrogens with one attached hydrogen (secondary N) is 1. The van der Waals surface area contributed by atoms with Crippen LogP contribution in [0.3, 0.4) is 0 Å². The van der Waals surface area contributed by atoms with Crippen molar-refractivity contribution < 1.29 is 13.5 Å². The molecule has 2 N–H and O–H groups in total. The Labute approximate surface area is 113 Å². The largest absolute Gasteiger partial charge is 0.384 e. The number of hydrogen-bond donors (Lipinski definition) is 2. The van der Waals surface area contributed by atoms with E-state index in [9.17, 15) is 8.42 Å². The Kier molecular flexibility index (Phi) is 4.40. The molecule has 0 aliphatic heterocycles. The van der Waals surface area contributed by atoms with Crippen molar-refractivity contribution in [1.82, 2.24) is 4.98 Å². The third-order valence-corrected chi connectivity index (χ3v) is 4.90. The van der Waals surface area contributed by atoms with Crippen LogP contribution in [0, 0.1) is 11.8 Å². The molecular weight excluding hydrogens is 264 g/mol. The molecule has 1 aromatic rings. The molecule has 1 aliphatic rings. The SMILES string of the molecule is O=S(=O)(Nc1cc(C#CCO)ccn1)C1CCCC1. The summed E-state index contributed by atoms with van der Waals surface area (Å²) in [5.74, 6) is 5.50. The highest BCUT2D eigenvalue weighted by Gasteiger charge is 2.28. The molecule has 0 spiro atoms. The van der Waals surface area contributed by atoms with Crippen molar-refractivity contribution in [2.24, 2.45) is 0 Å². The fourth-order valence-electron chi connectivity index (χ4n) is 2.13. The van der Waals surface area contributed by atoms with Gasteiger partial charge in [-0.3, -0.25) is 4.72 Å². The predicted molar refractivity (Wildman–Crippen MR) is 73.0 cm³/mol. The van der Waals surface area contributed by atoms with E-state index in [0.29, 0.717) is 18.4 Å². The molecule has 0 radical (unpaired) electrons. The molecule has 6 heteroatoms. The zero-order valence-corrected chi connectivity index (χ0v) is 11.3. The number of nitrogens with zero attached hydrogens (tertiary/aromatic N) is 1. The highest BCUT2D eigenvalue weighted by Crippen LogP contribution is 2.25. The third kappa shape index (κ3) is 3.69. The van der Waals surface area contributed by atoms with Crippen LogP contribution in [0.2, 0.25) is 0 Å². The molecule has 5 nitrogen and oxygen atoms in total. The second-order valence-corrected chi connectivity index (χ2v) is 6.40. The lowest BCUT2D eigenvalue weighted by atomic mass is 10.2. The van der Waals surface area contributed by atoms with Crippen LogP contribution in [-0.2, 0) is 10.0 Å². The van der Waals surface area contributed by atoms with Crippen LogP contribution in [0.5, 0.6) is 0 Å². The molecule has 1 saturated carbocycles. The molecule has 0 saturated heterocycles. The van der Waals surface area contributed by atoms with E-state index < -0.39 is 10.0 Å². The van der Waals surface area contributed by atoms with Gasteiger partial charge in [0.05, 0.1) is 5.25 Å². The van der Waals surface area contributed by atoms with Gasteiger partial charge >= 0.3 is 0 Å². The summed E-state index contributed by atoms with van der Waals surface area (Å²) in [5.41, 5.74) is 0.619. The molecule has 0 unspecified atom stereocenters. The van der Waals surface area contributed by atoms with Crippen molar-refractivity contribution in [2.75, 3.05) is 11.3 Å². The quantitative estimate of drug-likeness (QED) is 0.813. The van der Waals surface area contributed by atoms with Crippen molar-refractivity contribution in [2.45, 2.75) is 30.9 Å². The van der Waals surface area contributed by atoms with E-state index in [1.165, 1.54) is 6.20 Å². The van der Waals surface area contributed by atoms with E-state index in [2.05, 4.69) is 21.5 Å². The van der Waals surface area contributed by atoms with Crippen LogP contribution in [0.1, 0.15) is 31.2 Å². The molecule has 1 aromatic heterocycles. The molecule has 0 amide bonds. The minimum absolute atomic E-state index is 0.231. The van der Waals surface area contributed by atoms with E-state index in [1.807, 2.05) is 0 Å². The smallest absolute Gasteiger partial charge is 0.236 e. The number of sulfonamides is 1. The summed E-state index contributed by atoms with van der Waals surface area (Å²) in [4.78, 5) is 3.98. The molecule has 0 aromatic carbocycles. The van der Waals surface area contributed by atoms with Gasteiger partial charge in [0.15, 0.2) is 0 Å². The zero-order chi connectivity index (χ0) is 13.7. The minimum Gasteiger partial charge on any atom is -0.384 e. The summed E-state index contributed by atoms with van der Waals surface area (Å²) in [6, 6.07) is 3.23. The lowest BCUT2D eigenvalue weighted by molar-refractivity contribution is 0.350. The number of hydrogen-bond acceptors (Lipinski definition) is 4. The Balaban J connectivity index is 2.14. The first kappa shape index (κ1) is 13.8. The maximum atomic E-state index is 12.1. The fraction of sp³-hybridized carbons (Fsp3) is 0.462. The van der Waals surface area contributed by atoms with Gasteiger partial charge in [0.1, 0.15) is 12.4 Å². The predicted octanol–water partition coefficient (Wildman–Crippen LogP) is 1.11. The number of anilines is 1. The number of aliphatic hydroxyl groups excluding tert-OH is 1. The molecule has 0 atom stereocenters. The lowest BCUT2D eigenvalue weighted by Crippen LogP contribution is -2.25. The lowest BCUT2D eigenvalue weighted by Gasteiger charge is -2.12. The van der Waals surface area contributed by atoms with Crippen molar-refractivity contribution in [1.29, 1.82) is 0 Å². The highest BCUT2D eigenvalue weighted by molar-refractivity contribution is 7.93. The van der Waals surface area contributed by atoms with Crippen LogP contribution in [0.15, 0.2) is 18.3 Å². The summed E-state index contributed by atoms with van der Waals surface area (Å²) >= 11 is 0. The Morgan fingerprint density at radius 3 is 2.84 bits per heavy atom. The molecule has 2 rings (SSSR count). The van der Waals surface area contributed by atoms with Crippen molar-refractivity contribution in [3.63, 3.8) is 0 Å². The highest BCUT2D eigenvalue weighted by atomic mass is 32.2. The zero-order valence-electron chi connectivity index (χ0n) is 10.5. The number of pyridine rings is 1. The second kappa shape index (κ2) is 6.04. The molecular formula is C13H16N2O3S. The Morgan fingerprint density at radius 1 is 1.42 bits per heavy atom. The van der Waals surface area contributed by atoms with E-state index >= 15 is 0 Å². The van der Waals surface area contributed by atoms with Crippen LogP contribution in [-0.4, -0.2) is 30.4 Å². The van der Waals surface area contributed by atoms with Crippen molar-refractivity contribution in [3.8, 4) is 11.8 Å². The second-order valence-electron chi connectivity index (χ2n) is 4.44. The topological polar surface area (TPSA) is 79.3 Å². The number of rotatable bonds is 3. The third-order valence-electron chi connectivity index (χ3n) is 3.06. The Hall–Kier alpha value is -1.58. The van der Waals surface area contributed by atoms with Crippen molar-refractivity contribution >= 4 is 15.8 Å². The number of aliphatic hydroxyl groups is 1. The number of aromatic nitrogens is 1. The summed E-state index contributed by atoms with van der Waals surface area (Å²) in [7, 11) is -3.36. The van der Waals surface area contributed by atoms with E-state index in [4.69, 9.17) is 5.11 Å². The Morgan fingerprint density at radius 2 is 2.16 bits per heavy atom. The first-order valence-corrected chi connectivity index (χ1v) is 7.74. The molecule has 1 heterocycles. The average molecular weight is 280 g/mol. The Bertz CT molecular complexity index is 596. The van der Waals surface area contributed by atoms with Gasteiger partial charge in [-0.15, -0.1) is 0 Å². The summed E-state index contributed by atoms with van der Waals surface area (Å²) in [6.07, 6.45) is 4.83.